The standard InChI is InChI=1S/C22H23FN2O5S/c1-27-17-8-6-14(11-15(17)23)16-12-31-22(24-16)25-19(26)10-7-13-5-9-18(28-2)21(30-4)20(13)29-3/h5-6,8-9,11-12H,7,10H2,1-4H3,(H,24,25,26). The lowest BCUT2D eigenvalue weighted by Crippen LogP contribution is -2.12. The molecule has 0 aliphatic heterocycles. The number of ether oxygens (including phenoxy) is 4. The first-order chi connectivity index (χ1) is 15.0. The highest BCUT2D eigenvalue weighted by Gasteiger charge is 2.17. The Bertz CT molecular complexity index is 1070. The zero-order chi connectivity index (χ0) is 22.4. The molecule has 0 saturated heterocycles. The van der Waals surface area contributed by atoms with Crippen molar-refractivity contribution in [3.8, 4) is 34.3 Å². The van der Waals surface area contributed by atoms with Gasteiger partial charge in [0.15, 0.2) is 28.2 Å². The fourth-order valence-electron chi connectivity index (χ4n) is 3.08. The number of carbonyl (C=O) groups is 1. The molecule has 164 valence electrons. The summed E-state index contributed by atoms with van der Waals surface area (Å²) < 4.78 is 35.0. The number of rotatable bonds is 9. The molecule has 0 atom stereocenters. The van der Waals surface area contributed by atoms with Gasteiger partial charge in [-0.25, -0.2) is 9.37 Å². The number of aryl methyl sites for hydroxylation is 1. The molecule has 31 heavy (non-hydrogen) atoms. The normalized spacial score (nSPS) is 10.5. The molecule has 3 rings (SSSR count). The number of anilines is 1. The van der Waals surface area contributed by atoms with Crippen LogP contribution in [0.15, 0.2) is 35.7 Å². The van der Waals surface area contributed by atoms with Gasteiger partial charge in [0.05, 0.1) is 34.1 Å². The number of hydrogen-bond donors (Lipinski definition) is 1. The van der Waals surface area contributed by atoms with Crippen molar-refractivity contribution in [3.05, 3.63) is 47.1 Å². The Balaban J connectivity index is 1.65. The minimum Gasteiger partial charge on any atom is -0.494 e. The van der Waals surface area contributed by atoms with E-state index in [0.717, 1.165) is 5.56 Å². The van der Waals surface area contributed by atoms with Crippen LogP contribution in [0.3, 0.4) is 0 Å². The number of amides is 1. The molecule has 0 bridgehead atoms. The van der Waals surface area contributed by atoms with Crippen LogP contribution in [-0.2, 0) is 11.2 Å². The van der Waals surface area contributed by atoms with Crippen molar-refractivity contribution in [1.29, 1.82) is 0 Å². The lowest BCUT2D eigenvalue weighted by Gasteiger charge is -2.15. The van der Waals surface area contributed by atoms with Gasteiger partial charge in [-0.05, 0) is 36.2 Å². The first-order valence-electron chi connectivity index (χ1n) is 9.37. The van der Waals surface area contributed by atoms with Gasteiger partial charge in [-0.2, -0.15) is 0 Å². The van der Waals surface area contributed by atoms with Crippen molar-refractivity contribution >= 4 is 22.4 Å². The van der Waals surface area contributed by atoms with E-state index in [1.165, 1.54) is 31.6 Å². The Morgan fingerprint density at radius 2 is 1.71 bits per heavy atom. The molecule has 0 aliphatic rings. The molecular formula is C22H23FN2O5S. The number of carbonyl (C=O) groups excluding carboxylic acids is 1. The lowest BCUT2D eigenvalue weighted by molar-refractivity contribution is -0.116. The van der Waals surface area contributed by atoms with Crippen LogP contribution in [0.2, 0.25) is 0 Å². The monoisotopic (exact) mass is 446 g/mol. The molecule has 1 aromatic heterocycles. The number of nitrogens with zero attached hydrogens (tertiary/aromatic N) is 1. The molecule has 0 radical (unpaired) electrons. The summed E-state index contributed by atoms with van der Waals surface area (Å²) in [5.74, 6) is 1.07. The average molecular weight is 447 g/mol. The van der Waals surface area contributed by atoms with Crippen molar-refractivity contribution in [2.45, 2.75) is 12.8 Å². The molecule has 2 aromatic carbocycles. The van der Waals surface area contributed by atoms with Gasteiger partial charge in [0.1, 0.15) is 0 Å². The lowest BCUT2D eigenvalue weighted by atomic mass is 10.1. The maximum absolute atomic E-state index is 13.9. The van der Waals surface area contributed by atoms with Gasteiger partial charge in [0, 0.05) is 17.4 Å². The molecule has 3 aromatic rings. The van der Waals surface area contributed by atoms with E-state index in [9.17, 15) is 9.18 Å². The third kappa shape index (κ3) is 5.05. The number of halogens is 1. The van der Waals surface area contributed by atoms with Crippen LogP contribution in [0.1, 0.15) is 12.0 Å². The molecule has 0 unspecified atom stereocenters. The summed E-state index contributed by atoms with van der Waals surface area (Å²) in [5.41, 5.74) is 2.00. The Hall–Kier alpha value is -3.33. The van der Waals surface area contributed by atoms with E-state index in [1.54, 1.807) is 37.8 Å². The number of nitrogens with one attached hydrogen (secondary N) is 1. The van der Waals surface area contributed by atoms with Crippen LogP contribution < -0.4 is 24.3 Å². The van der Waals surface area contributed by atoms with Gasteiger partial charge < -0.3 is 24.3 Å². The van der Waals surface area contributed by atoms with Crippen molar-refractivity contribution < 1.29 is 28.1 Å². The zero-order valence-corrected chi connectivity index (χ0v) is 18.5. The smallest absolute Gasteiger partial charge is 0.226 e. The molecule has 1 N–H and O–H groups in total. The maximum Gasteiger partial charge on any atom is 0.226 e. The topological polar surface area (TPSA) is 78.9 Å². The number of methoxy groups -OCH3 is 4. The maximum atomic E-state index is 13.9. The Labute approximate surface area is 183 Å². The van der Waals surface area contributed by atoms with E-state index in [2.05, 4.69) is 10.3 Å². The van der Waals surface area contributed by atoms with Crippen LogP contribution >= 0.6 is 11.3 Å². The quantitative estimate of drug-likeness (QED) is 0.519. The summed E-state index contributed by atoms with van der Waals surface area (Å²) in [6.45, 7) is 0. The van der Waals surface area contributed by atoms with Gasteiger partial charge in [-0.1, -0.05) is 6.07 Å². The summed E-state index contributed by atoms with van der Waals surface area (Å²) in [4.78, 5) is 16.8. The molecule has 0 aliphatic carbocycles. The second-order valence-electron chi connectivity index (χ2n) is 6.43. The van der Waals surface area contributed by atoms with Gasteiger partial charge in [-0.3, -0.25) is 4.79 Å². The van der Waals surface area contributed by atoms with E-state index in [-0.39, 0.29) is 18.1 Å². The van der Waals surface area contributed by atoms with Crippen LogP contribution in [0.4, 0.5) is 9.52 Å². The van der Waals surface area contributed by atoms with Crippen LogP contribution in [0, 0.1) is 5.82 Å². The molecule has 1 amide bonds. The second kappa shape index (κ2) is 10.1. The minimum atomic E-state index is -0.470. The minimum absolute atomic E-state index is 0.165. The SMILES string of the molecule is COc1ccc(-c2csc(NC(=O)CCc3ccc(OC)c(OC)c3OC)n2)cc1F. The fraction of sp³-hybridized carbons (Fsp3) is 0.273. The first kappa shape index (κ1) is 22.4. The highest BCUT2D eigenvalue weighted by atomic mass is 32.1. The van der Waals surface area contributed by atoms with E-state index >= 15 is 0 Å². The van der Waals surface area contributed by atoms with Gasteiger partial charge in [0.25, 0.3) is 0 Å². The van der Waals surface area contributed by atoms with Crippen LogP contribution in [0.25, 0.3) is 11.3 Å². The number of thiazole rings is 1. The molecular weight excluding hydrogens is 423 g/mol. The average Bonchev–Trinajstić information content (AvgIpc) is 3.25. The van der Waals surface area contributed by atoms with Gasteiger partial charge in [-0.15, -0.1) is 11.3 Å². The largest absolute Gasteiger partial charge is 0.494 e. The van der Waals surface area contributed by atoms with Crippen LogP contribution in [-0.4, -0.2) is 39.3 Å². The summed E-state index contributed by atoms with van der Waals surface area (Å²) in [7, 11) is 6.03. The molecule has 0 spiro atoms. The molecule has 1 heterocycles. The van der Waals surface area contributed by atoms with Crippen LogP contribution in [0.5, 0.6) is 23.0 Å². The zero-order valence-electron chi connectivity index (χ0n) is 17.7. The van der Waals surface area contributed by atoms with E-state index in [1.807, 2.05) is 6.07 Å². The Morgan fingerprint density at radius 1 is 1.00 bits per heavy atom. The number of aromatic nitrogens is 1. The molecule has 0 saturated carbocycles. The van der Waals surface area contributed by atoms with Gasteiger partial charge >= 0.3 is 0 Å². The number of benzene rings is 2. The Kier molecular flexibility index (Phi) is 7.30. The van der Waals surface area contributed by atoms with Gasteiger partial charge in [0.2, 0.25) is 11.7 Å². The molecule has 0 fully saturated rings. The Morgan fingerprint density at radius 3 is 2.35 bits per heavy atom. The van der Waals surface area contributed by atoms with E-state index in [4.69, 9.17) is 18.9 Å². The summed E-state index contributed by atoms with van der Waals surface area (Å²) in [6.07, 6.45) is 0.662. The second-order valence-corrected chi connectivity index (χ2v) is 7.29. The number of hydrogen-bond acceptors (Lipinski definition) is 7. The predicted molar refractivity (Wildman–Crippen MR) is 117 cm³/mol. The fourth-order valence-corrected chi connectivity index (χ4v) is 3.82. The summed E-state index contributed by atoms with van der Waals surface area (Å²) in [6, 6.07) is 8.22. The highest BCUT2D eigenvalue weighted by molar-refractivity contribution is 7.14. The molecule has 9 heteroatoms. The summed E-state index contributed by atoms with van der Waals surface area (Å²) in [5, 5.41) is 4.98. The predicted octanol–water partition coefficient (Wildman–Crippen LogP) is 4.55. The highest BCUT2D eigenvalue weighted by Crippen LogP contribution is 2.40. The van der Waals surface area contributed by atoms with Crippen molar-refractivity contribution in [3.63, 3.8) is 0 Å². The van der Waals surface area contributed by atoms with E-state index < -0.39 is 5.82 Å². The van der Waals surface area contributed by atoms with E-state index in [0.29, 0.717) is 40.1 Å². The molecule has 7 nitrogen and oxygen atoms in total. The summed E-state index contributed by atoms with van der Waals surface area (Å²) >= 11 is 1.27. The third-order valence-electron chi connectivity index (χ3n) is 4.61. The van der Waals surface area contributed by atoms with Crippen molar-refractivity contribution in [2.24, 2.45) is 0 Å². The third-order valence-corrected chi connectivity index (χ3v) is 5.36. The first-order valence-corrected chi connectivity index (χ1v) is 10.3. The van der Waals surface area contributed by atoms with Crippen molar-refractivity contribution in [2.75, 3.05) is 33.8 Å². The van der Waals surface area contributed by atoms with Crippen molar-refractivity contribution in [1.82, 2.24) is 4.98 Å².